The fourth-order valence-electron chi connectivity index (χ4n) is 4.31. The first-order valence-corrected chi connectivity index (χ1v) is 14.2. The number of rotatable bonds is 16. The summed E-state index contributed by atoms with van der Waals surface area (Å²) in [5, 5.41) is 11.5. The lowest BCUT2D eigenvalue weighted by Crippen LogP contribution is -2.28. The molecule has 8 N–H and O–H groups in total. The van der Waals surface area contributed by atoms with Crippen molar-refractivity contribution >= 4 is 23.6 Å². The van der Waals surface area contributed by atoms with Gasteiger partial charge in [0, 0.05) is 61.5 Å². The van der Waals surface area contributed by atoms with Crippen molar-refractivity contribution in [1.82, 2.24) is 21.3 Å². The van der Waals surface area contributed by atoms with E-state index in [9.17, 15) is 19.2 Å². The molecule has 0 bridgehead atoms. The number of nitrogens with one attached hydrogen (secondary N) is 4. The molecule has 0 aliphatic carbocycles. The predicted octanol–water partition coefficient (Wildman–Crippen LogP) is 2.48. The van der Waals surface area contributed by atoms with Crippen molar-refractivity contribution in [2.75, 3.05) is 26.2 Å². The van der Waals surface area contributed by atoms with E-state index in [0.717, 1.165) is 11.1 Å². The molecule has 42 heavy (non-hydrogen) atoms. The lowest BCUT2D eigenvalue weighted by atomic mass is 10.1. The zero-order chi connectivity index (χ0) is 30.2. The average molecular weight is 573 g/mol. The molecule has 3 rings (SSSR count). The number of benzene rings is 3. The Kier molecular flexibility index (Phi) is 13.2. The number of hydrogen-bond donors (Lipinski definition) is 6. The highest BCUT2D eigenvalue weighted by molar-refractivity contribution is 5.98. The third-order valence-corrected chi connectivity index (χ3v) is 6.72. The quantitative estimate of drug-likeness (QED) is 0.144. The van der Waals surface area contributed by atoms with Crippen molar-refractivity contribution in [2.24, 2.45) is 11.5 Å². The maximum Gasteiger partial charge on any atom is 0.251 e. The Bertz CT molecular complexity index is 1240. The molecule has 0 atom stereocenters. The van der Waals surface area contributed by atoms with Crippen LogP contribution in [-0.2, 0) is 13.1 Å². The summed E-state index contributed by atoms with van der Waals surface area (Å²) in [5.74, 6) is -0.755. The molecule has 3 aromatic rings. The molecule has 0 saturated heterocycles. The first-order chi connectivity index (χ1) is 20.4. The minimum Gasteiger partial charge on any atom is -0.352 e. The van der Waals surface area contributed by atoms with E-state index in [1.54, 1.807) is 48.5 Å². The SMILES string of the molecule is NCc1ccccc1C(=O)NCCCCNC(=O)c1ccc(C(=O)NCCCCNC(=O)c2ccccc2CN)cc1. The van der Waals surface area contributed by atoms with E-state index in [1.807, 2.05) is 24.3 Å². The van der Waals surface area contributed by atoms with Crippen molar-refractivity contribution in [1.29, 1.82) is 0 Å². The maximum atomic E-state index is 12.4. The van der Waals surface area contributed by atoms with Crippen LogP contribution < -0.4 is 32.7 Å². The smallest absolute Gasteiger partial charge is 0.251 e. The Morgan fingerprint density at radius 2 is 0.762 bits per heavy atom. The van der Waals surface area contributed by atoms with Gasteiger partial charge in [0.05, 0.1) is 0 Å². The van der Waals surface area contributed by atoms with Crippen LogP contribution in [0.3, 0.4) is 0 Å². The fourth-order valence-corrected chi connectivity index (χ4v) is 4.31. The van der Waals surface area contributed by atoms with E-state index in [-0.39, 0.29) is 23.6 Å². The number of unbranched alkanes of at least 4 members (excludes halogenated alkanes) is 2. The third kappa shape index (κ3) is 9.83. The van der Waals surface area contributed by atoms with Gasteiger partial charge in [-0.25, -0.2) is 0 Å². The van der Waals surface area contributed by atoms with Crippen LogP contribution in [-0.4, -0.2) is 49.8 Å². The van der Waals surface area contributed by atoms with E-state index in [4.69, 9.17) is 11.5 Å². The number of amides is 4. The van der Waals surface area contributed by atoms with Crippen LogP contribution in [0.4, 0.5) is 0 Å². The average Bonchev–Trinajstić information content (AvgIpc) is 3.03. The van der Waals surface area contributed by atoms with E-state index in [1.165, 1.54) is 0 Å². The molecule has 10 heteroatoms. The molecule has 3 aromatic carbocycles. The highest BCUT2D eigenvalue weighted by Crippen LogP contribution is 2.09. The van der Waals surface area contributed by atoms with Gasteiger partial charge in [0.15, 0.2) is 0 Å². The minimum atomic E-state index is -0.223. The van der Waals surface area contributed by atoms with Gasteiger partial charge in [-0.3, -0.25) is 19.2 Å². The molecule has 0 aromatic heterocycles. The number of carbonyl (C=O) groups is 4. The molecule has 0 fully saturated rings. The second-order valence-corrected chi connectivity index (χ2v) is 9.74. The zero-order valence-corrected chi connectivity index (χ0v) is 23.8. The summed E-state index contributed by atoms with van der Waals surface area (Å²) in [6, 6.07) is 21.0. The van der Waals surface area contributed by atoms with E-state index >= 15 is 0 Å². The van der Waals surface area contributed by atoms with Crippen molar-refractivity contribution in [3.63, 3.8) is 0 Å². The van der Waals surface area contributed by atoms with Crippen LogP contribution in [0, 0.1) is 0 Å². The maximum absolute atomic E-state index is 12.4. The Labute approximate surface area is 246 Å². The normalized spacial score (nSPS) is 10.5. The van der Waals surface area contributed by atoms with Gasteiger partial charge in [0.1, 0.15) is 0 Å². The van der Waals surface area contributed by atoms with Gasteiger partial charge in [-0.1, -0.05) is 36.4 Å². The molecule has 0 unspecified atom stereocenters. The van der Waals surface area contributed by atoms with Crippen LogP contribution in [0.25, 0.3) is 0 Å². The monoisotopic (exact) mass is 572 g/mol. The van der Waals surface area contributed by atoms with Crippen molar-refractivity contribution in [2.45, 2.75) is 38.8 Å². The van der Waals surface area contributed by atoms with Gasteiger partial charge >= 0.3 is 0 Å². The standard InChI is InChI=1S/C32H40N6O4/c33-21-25-9-1-3-11-27(25)31(41)37-19-7-5-17-35-29(39)23-13-15-24(16-14-23)30(40)36-18-6-8-20-38-32(42)28-12-4-2-10-26(28)22-34/h1-4,9-16H,5-8,17-22,33-34H2,(H,35,39)(H,36,40)(H,37,41)(H,38,42). The first-order valence-electron chi connectivity index (χ1n) is 14.2. The van der Waals surface area contributed by atoms with Crippen LogP contribution in [0.2, 0.25) is 0 Å². The number of hydrogen-bond acceptors (Lipinski definition) is 6. The van der Waals surface area contributed by atoms with Crippen LogP contribution in [0.1, 0.15) is 78.2 Å². The van der Waals surface area contributed by atoms with Crippen molar-refractivity contribution < 1.29 is 19.2 Å². The second kappa shape index (κ2) is 17.3. The van der Waals surface area contributed by atoms with Gasteiger partial charge in [0.2, 0.25) is 0 Å². The summed E-state index contributed by atoms with van der Waals surface area (Å²) in [6.07, 6.45) is 2.83. The highest BCUT2D eigenvalue weighted by atomic mass is 16.2. The molecule has 0 aliphatic heterocycles. The Balaban J connectivity index is 1.27. The zero-order valence-electron chi connectivity index (χ0n) is 23.8. The Hall–Kier alpha value is -4.54. The summed E-state index contributed by atoms with van der Waals surface area (Å²) in [6.45, 7) is 2.53. The summed E-state index contributed by atoms with van der Waals surface area (Å²) < 4.78 is 0. The Morgan fingerprint density at radius 3 is 1.10 bits per heavy atom. The predicted molar refractivity (Wildman–Crippen MR) is 163 cm³/mol. The van der Waals surface area contributed by atoms with Crippen LogP contribution in [0.15, 0.2) is 72.8 Å². The third-order valence-electron chi connectivity index (χ3n) is 6.72. The lowest BCUT2D eigenvalue weighted by Gasteiger charge is -2.10. The van der Waals surface area contributed by atoms with Crippen molar-refractivity contribution in [3.8, 4) is 0 Å². The lowest BCUT2D eigenvalue weighted by molar-refractivity contribution is 0.0937. The van der Waals surface area contributed by atoms with Crippen molar-refractivity contribution in [3.05, 3.63) is 106 Å². The van der Waals surface area contributed by atoms with Gasteiger partial charge in [-0.2, -0.15) is 0 Å². The topological polar surface area (TPSA) is 168 Å². The molecule has 0 aliphatic rings. The summed E-state index contributed by atoms with van der Waals surface area (Å²) >= 11 is 0. The van der Waals surface area contributed by atoms with E-state index in [0.29, 0.717) is 87.2 Å². The highest BCUT2D eigenvalue weighted by Gasteiger charge is 2.11. The van der Waals surface area contributed by atoms with Gasteiger partial charge in [-0.15, -0.1) is 0 Å². The minimum absolute atomic E-state index is 0.154. The molecule has 4 amide bonds. The number of nitrogens with two attached hydrogens (primary N) is 2. The molecular formula is C32H40N6O4. The van der Waals surface area contributed by atoms with Gasteiger partial charge in [-0.05, 0) is 73.2 Å². The molecule has 0 radical (unpaired) electrons. The van der Waals surface area contributed by atoms with Gasteiger partial charge < -0.3 is 32.7 Å². The number of carbonyl (C=O) groups excluding carboxylic acids is 4. The van der Waals surface area contributed by atoms with E-state index in [2.05, 4.69) is 21.3 Å². The molecule has 222 valence electrons. The molecule has 10 nitrogen and oxygen atoms in total. The van der Waals surface area contributed by atoms with Crippen LogP contribution in [0.5, 0.6) is 0 Å². The molecule has 0 heterocycles. The van der Waals surface area contributed by atoms with E-state index < -0.39 is 0 Å². The summed E-state index contributed by atoms with van der Waals surface area (Å²) in [5.41, 5.74) is 15.1. The van der Waals surface area contributed by atoms with Gasteiger partial charge in [0.25, 0.3) is 23.6 Å². The summed E-state index contributed by atoms with van der Waals surface area (Å²) in [4.78, 5) is 49.5. The van der Waals surface area contributed by atoms with Crippen LogP contribution >= 0.6 is 0 Å². The molecular weight excluding hydrogens is 532 g/mol. The second-order valence-electron chi connectivity index (χ2n) is 9.74. The fraction of sp³-hybridized carbons (Fsp3) is 0.312. The first kappa shape index (κ1) is 32.0. The Morgan fingerprint density at radius 1 is 0.452 bits per heavy atom. The molecule has 0 saturated carbocycles. The largest absolute Gasteiger partial charge is 0.352 e. The summed E-state index contributed by atoms with van der Waals surface area (Å²) in [7, 11) is 0. The molecule has 0 spiro atoms.